The van der Waals surface area contributed by atoms with Crippen LogP contribution in [0.25, 0.3) is 0 Å². The van der Waals surface area contributed by atoms with Gasteiger partial charge in [-0.15, -0.1) is 0 Å². The van der Waals surface area contributed by atoms with Crippen LogP contribution in [0.3, 0.4) is 0 Å². The van der Waals surface area contributed by atoms with Gasteiger partial charge in [0.25, 0.3) is 0 Å². The number of carbonyl (C=O) groups is 1. The number of rotatable bonds is 2. The minimum absolute atomic E-state index is 0.241. The van der Waals surface area contributed by atoms with Crippen molar-refractivity contribution >= 4 is 34.2 Å². The number of benzene rings is 1. The summed E-state index contributed by atoms with van der Waals surface area (Å²) in [4.78, 5) is 14.2. The van der Waals surface area contributed by atoms with E-state index < -0.39 is 0 Å². The van der Waals surface area contributed by atoms with E-state index in [9.17, 15) is 4.79 Å². The molecule has 0 aromatic heterocycles. The summed E-state index contributed by atoms with van der Waals surface area (Å²) < 4.78 is 1.14. The normalized spacial score (nSPS) is 16.8. The molecule has 1 aromatic carbocycles. The quantitative estimate of drug-likeness (QED) is 0.748. The average Bonchev–Trinajstić information content (AvgIpc) is 2.39. The lowest BCUT2D eigenvalue weighted by Crippen LogP contribution is -2.34. The molecule has 0 heterocycles. The highest BCUT2D eigenvalue weighted by atomic mass is 127. The molecule has 0 spiro atoms. The molecule has 1 aromatic rings. The van der Waals surface area contributed by atoms with Gasteiger partial charge in [0.15, 0.2) is 0 Å². The second-order valence-electron chi connectivity index (χ2n) is 4.68. The molecule has 0 radical (unpaired) electrons. The molecule has 0 N–H and O–H groups in total. The SMILES string of the molecule is CN(C(=O)C1CCCCC1)c1ccccc1I. The third kappa shape index (κ3) is 3.00. The third-order valence-electron chi connectivity index (χ3n) is 3.50. The highest BCUT2D eigenvalue weighted by molar-refractivity contribution is 14.1. The Morgan fingerprint density at radius 1 is 1.24 bits per heavy atom. The van der Waals surface area contributed by atoms with E-state index in [1.54, 1.807) is 0 Å². The maximum absolute atomic E-state index is 12.4. The predicted octanol–water partition coefficient (Wildman–Crippen LogP) is 3.83. The molecule has 0 atom stereocenters. The van der Waals surface area contributed by atoms with E-state index in [2.05, 4.69) is 22.6 Å². The molecule has 1 saturated carbocycles. The second kappa shape index (κ2) is 5.85. The number of anilines is 1. The Kier molecular flexibility index (Phi) is 4.42. The minimum Gasteiger partial charge on any atom is -0.314 e. The van der Waals surface area contributed by atoms with E-state index in [0.717, 1.165) is 22.1 Å². The first-order valence-corrected chi connectivity index (χ1v) is 7.30. The molecule has 3 heteroatoms. The van der Waals surface area contributed by atoms with Gasteiger partial charge in [-0.2, -0.15) is 0 Å². The Morgan fingerprint density at radius 2 is 1.88 bits per heavy atom. The highest BCUT2D eigenvalue weighted by Gasteiger charge is 2.25. The van der Waals surface area contributed by atoms with Crippen LogP contribution in [0.15, 0.2) is 24.3 Å². The Labute approximate surface area is 117 Å². The van der Waals surface area contributed by atoms with Gasteiger partial charge in [-0.1, -0.05) is 31.4 Å². The molecule has 0 saturated heterocycles. The van der Waals surface area contributed by atoms with Gasteiger partial charge in [-0.3, -0.25) is 4.79 Å². The molecule has 0 aliphatic heterocycles. The summed E-state index contributed by atoms with van der Waals surface area (Å²) in [6.45, 7) is 0. The Morgan fingerprint density at radius 3 is 2.53 bits per heavy atom. The summed E-state index contributed by atoms with van der Waals surface area (Å²) in [6.07, 6.45) is 5.82. The molecule has 1 aliphatic rings. The van der Waals surface area contributed by atoms with Crippen LogP contribution in [-0.2, 0) is 4.79 Å². The third-order valence-corrected chi connectivity index (χ3v) is 4.41. The molecular formula is C14H18INO. The van der Waals surface area contributed by atoms with Crippen molar-refractivity contribution in [2.75, 3.05) is 11.9 Å². The smallest absolute Gasteiger partial charge is 0.229 e. The van der Waals surface area contributed by atoms with E-state index in [4.69, 9.17) is 0 Å². The summed E-state index contributed by atoms with van der Waals surface area (Å²) >= 11 is 2.29. The van der Waals surface area contributed by atoms with Gasteiger partial charge in [0, 0.05) is 16.5 Å². The summed E-state index contributed by atoms with van der Waals surface area (Å²) in [5, 5.41) is 0. The molecule has 1 amide bonds. The van der Waals surface area contributed by atoms with E-state index in [1.165, 1.54) is 19.3 Å². The number of hydrogen-bond donors (Lipinski definition) is 0. The van der Waals surface area contributed by atoms with Crippen LogP contribution in [0.5, 0.6) is 0 Å². The first kappa shape index (κ1) is 12.9. The molecule has 0 unspecified atom stereocenters. The Bertz CT molecular complexity index is 399. The molecule has 2 nitrogen and oxygen atoms in total. The predicted molar refractivity (Wildman–Crippen MR) is 79.1 cm³/mol. The highest BCUT2D eigenvalue weighted by Crippen LogP contribution is 2.28. The maximum Gasteiger partial charge on any atom is 0.229 e. The molecule has 92 valence electrons. The fourth-order valence-electron chi connectivity index (χ4n) is 2.47. The van der Waals surface area contributed by atoms with Gasteiger partial charge < -0.3 is 4.90 Å². The van der Waals surface area contributed by atoms with Gasteiger partial charge in [0.2, 0.25) is 5.91 Å². The van der Waals surface area contributed by atoms with Crippen LogP contribution >= 0.6 is 22.6 Å². The van der Waals surface area contributed by atoms with Crippen molar-refractivity contribution in [2.45, 2.75) is 32.1 Å². The summed E-state index contributed by atoms with van der Waals surface area (Å²) in [7, 11) is 1.90. The Hall–Kier alpha value is -0.580. The van der Waals surface area contributed by atoms with Crippen LogP contribution in [0, 0.1) is 9.49 Å². The standard InChI is InChI=1S/C14H18INO/c1-16(13-10-6-5-9-12(13)15)14(17)11-7-3-2-4-8-11/h5-6,9-11H,2-4,7-8H2,1H3. The van der Waals surface area contributed by atoms with Crippen molar-refractivity contribution in [3.63, 3.8) is 0 Å². The van der Waals surface area contributed by atoms with Crippen molar-refractivity contribution in [1.82, 2.24) is 0 Å². The van der Waals surface area contributed by atoms with Crippen molar-refractivity contribution in [3.8, 4) is 0 Å². The molecular weight excluding hydrogens is 325 g/mol. The second-order valence-corrected chi connectivity index (χ2v) is 5.85. The van der Waals surface area contributed by atoms with Gasteiger partial charge >= 0.3 is 0 Å². The van der Waals surface area contributed by atoms with Gasteiger partial charge in [0.05, 0.1) is 5.69 Å². The fourth-order valence-corrected chi connectivity index (χ4v) is 3.22. The van der Waals surface area contributed by atoms with Crippen LogP contribution in [0.1, 0.15) is 32.1 Å². The minimum atomic E-state index is 0.241. The van der Waals surface area contributed by atoms with Crippen molar-refractivity contribution in [3.05, 3.63) is 27.8 Å². The van der Waals surface area contributed by atoms with Gasteiger partial charge in [0.1, 0.15) is 0 Å². The van der Waals surface area contributed by atoms with E-state index >= 15 is 0 Å². The summed E-state index contributed by atoms with van der Waals surface area (Å²) in [6, 6.07) is 8.05. The number of nitrogens with zero attached hydrogens (tertiary/aromatic N) is 1. The van der Waals surface area contributed by atoms with Crippen LogP contribution in [-0.4, -0.2) is 13.0 Å². The van der Waals surface area contributed by atoms with E-state index in [-0.39, 0.29) is 11.8 Å². The zero-order chi connectivity index (χ0) is 12.3. The van der Waals surface area contributed by atoms with Gasteiger partial charge in [-0.25, -0.2) is 0 Å². The van der Waals surface area contributed by atoms with Gasteiger partial charge in [-0.05, 0) is 47.6 Å². The van der Waals surface area contributed by atoms with E-state index in [0.29, 0.717) is 0 Å². The molecule has 2 rings (SSSR count). The van der Waals surface area contributed by atoms with Crippen molar-refractivity contribution < 1.29 is 4.79 Å². The first-order valence-electron chi connectivity index (χ1n) is 6.22. The summed E-state index contributed by atoms with van der Waals surface area (Å²) in [5.74, 6) is 0.526. The van der Waals surface area contributed by atoms with Crippen LogP contribution in [0.2, 0.25) is 0 Å². The average molecular weight is 343 g/mol. The summed E-state index contributed by atoms with van der Waals surface area (Å²) in [5.41, 5.74) is 1.03. The number of amides is 1. The van der Waals surface area contributed by atoms with Crippen molar-refractivity contribution in [1.29, 1.82) is 0 Å². The van der Waals surface area contributed by atoms with Crippen molar-refractivity contribution in [2.24, 2.45) is 5.92 Å². The Balaban J connectivity index is 2.11. The monoisotopic (exact) mass is 343 g/mol. The number of hydrogen-bond acceptors (Lipinski definition) is 1. The van der Waals surface area contributed by atoms with E-state index in [1.807, 2.05) is 36.2 Å². The lowest BCUT2D eigenvalue weighted by molar-refractivity contribution is -0.123. The molecule has 1 fully saturated rings. The topological polar surface area (TPSA) is 20.3 Å². The largest absolute Gasteiger partial charge is 0.314 e. The molecule has 1 aliphatic carbocycles. The number of para-hydroxylation sites is 1. The lowest BCUT2D eigenvalue weighted by Gasteiger charge is -2.27. The lowest BCUT2D eigenvalue weighted by atomic mass is 9.88. The molecule has 0 bridgehead atoms. The number of carbonyl (C=O) groups excluding carboxylic acids is 1. The fraction of sp³-hybridized carbons (Fsp3) is 0.500. The first-order chi connectivity index (χ1) is 8.20. The van der Waals surface area contributed by atoms with Crippen LogP contribution < -0.4 is 4.90 Å². The maximum atomic E-state index is 12.4. The zero-order valence-electron chi connectivity index (χ0n) is 10.2. The zero-order valence-corrected chi connectivity index (χ0v) is 12.3. The molecule has 17 heavy (non-hydrogen) atoms. The van der Waals surface area contributed by atoms with Crippen LogP contribution in [0.4, 0.5) is 5.69 Å². The number of halogens is 1.